The number of benzene rings is 2. The standard InChI is InChI=1S/C25H30N4O4S/c1-18-6-7-19(2)22(16-18)27-12-14-29(15-13-27)34(31,32)20-8-9-23-21(17-20)24(26-33-23)25(30)28-10-4-3-5-11-28/h6-9,16-17H,3-5,10-15H2,1-2H3. The van der Waals surface area contributed by atoms with Crippen LogP contribution in [0.3, 0.4) is 0 Å². The van der Waals surface area contributed by atoms with E-state index in [1.165, 1.54) is 27.6 Å². The third-order valence-electron chi connectivity index (χ3n) is 6.87. The van der Waals surface area contributed by atoms with Gasteiger partial charge in [0.1, 0.15) is 0 Å². The predicted octanol–water partition coefficient (Wildman–Crippen LogP) is 3.58. The minimum absolute atomic E-state index is 0.163. The zero-order valence-electron chi connectivity index (χ0n) is 19.7. The molecule has 0 saturated carbocycles. The number of hydrogen-bond donors (Lipinski definition) is 0. The van der Waals surface area contributed by atoms with Gasteiger partial charge in [-0.3, -0.25) is 4.79 Å². The first-order valence-corrected chi connectivity index (χ1v) is 13.3. The Morgan fingerprint density at radius 3 is 2.38 bits per heavy atom. The molecular formula is C25H30N4O4S. The van der Waals surface area contributed by atoms with E-state index in [0.717, 1.165) is 24.9 Å². The van der Waals surface area contributed by atoms with E-state index in [-0.39, 0.29) is 16.5 Å². The zero-order chi connectivity index (χ0) is 23.9. The maximum Gasteiger partial charge on any atom is 0.276 e. The van der Waals surface area contributed by atoms with Gasteiger partial charge >= 0.3 is 0 Å². The van der Waals surface area contributed by atoms with Crippen molar-refractivity contribution in [1.29, 1.82) is 0 Å². The number of hydrogen-bond acceptors (Lipinski definition) is 6. The number of likely N-dealkylation sites (tertiary alicyclic amines) is 1. The van der Waals surface area contributed by atoms with Crippen molar-refractivity contribution in [3.05, 3.63) is 53.2 Å². The fraction of sp³-hybridized carbons (Fsp3) is 0.440. The third kappa shape index (κ3) is 4.18. The quantitative estimate of drug-likeness (QED) is 0.565. The van der Waals surface area contributed by atoms with E-state index < -0.39 is 10.0 Å². The Morgan fingerprint density at radius 1 is 0.912 bits per heavy atom. The van der Waals surface area contributed by atoms with Gasteiger partial charge < -0.3 is 14.3 Å². The lowest BCUT2D eigenvalue weighted by Crippen LogP contribution is -2.48. The average molecular weight is 483 g/mol. The first kappa shape index (κ1) is 22.9. The van der Waals surface area contributed by atoms with E-state index in [1.807, 2.05) is 0 Å². The van der Waals surface area contributed by atoms with Gasteiger partial charge in [-0.1, -0.05) is 17.3 Å². The van der Waals surface area contributed by atoms with E-state index >= 15 is 0 Å². The molecule has 3 heterocycles. The molecule has 0 spiro atoms. The largest absolute Gasteiger partial charge is 0.369 e. The van der Waals surface area contributed by atoms with Gasteiger partial charge in [0.15, 0.2) is 11.3 Å². The van der Waals surface area contributed by atoms with E-state index in [0.29, 0.717) is 50.2 Å². The second kappa shape index (κ2) is 9.03. The molecule has 5 rings (SSSR count). The number of aryl methyl sites for hydroxylation is 2. The van der Waals surface area contributed by atoms with Crippen molar-refractivity contribution in [1.82, 2.24) is 14.4 Å². The molecule has 34 heavy (non-hydrogen) atoms. The Kier molecular flexibility index (Phi) is 6.07. The maximum atomic E-state index is 13.5. The summed E-state index contributed by atoms with van der Waals surface area (Å²) >= 11 is 0. The molecule has 180 valence electrons. The van der Waals surface area contributed by atoms with Gasteiger partial charge in [-0.2, -0.15) is 4.31 Å². The molecule has 0 aliphatic carbocycles. The topological polar surface area (TPSA) is 87.0 Å². The molecule has 2 aliphatic heterocycles. The Balaban J connectivity index is 1.37. The number of amides is 1. The van der Waals surface area contributed by atoms with E-state index in [1.54, 1.807) is 11.0 Å². The molecule has 0 bridgehead atoms. The third-order valence-corrected chi connectivity index (χ3v) is 8.76. The number of aromatic nitrogens is 1. The van der Waals surface area contributed by atoms with Gasteiger partial charge in [0, 0.05) is 45.0 Å². The molecule has 2 aliphatic rings. The molecule has 9 heteroatoms. The smallest absolute Gasteiger partial charge is 0.276 e. The molecule has 3 aromatic rings. The summed E-state index contributed by atoms with van der Waals surface area (Å²) in [5.41, 5.74) is 4.13. The van der Waals surface area contributed by atoms with Crippen LogP contribution in [0.2, 0.25) is 0 Å². The van der Waals surface area contributed by atoms with Crippen LogP contribution in [0.5, 0.6) is 0 Å². The van der Waals surface area contributed by atoms with Crippen LogP contribution in [-0.2, 0) is 10.0 Å². The van der Waals surface area contributed by atoms with Gasteiger partial charge in [0.25, 0.3) is 5.91 Å². The molecular weight excluding hydrogens is 452 g/mol. The molecule has 0 N–H and O–H groups in total. The average Bonchev–Trinajstić information content (AvgIpc) is 3.29. The molecule has 0 radical (unpaired) electrons. The van der Waals surface area contributed by atoms with Crippen LogP contribution in [0.15, 0.2) is 45.8 Å². The number of rotatable bonds is 4. The number of piperidine rings is 1. The first-order chi connectivity index (χ1) is 16.3. The van der Waals surface area contributed by atoms with Crippen LogP contribution in [0.25, 0.3) is 11.0 Å². The van der Waals surface area contributed by atoms with Crippen molar-refractivity contribution in [2.24, 2.45) is 0 Å². The molecule has 2 fully saturated rings. The number of carbonyl (C=O) groups is 1. The van der Waals surface area contributed by atoms with Gasteiger partial charge in [-0.05, 0) is 68.5 Å². The summed E-state index contributed by atoms with van der Waals surface area (Å²) in [6, 6.07) is 11.0. The summed E-state index contributed by atoms with van der Waals surface area (Å²) in [5.74, 6) is -0.199. The molecule has 1 aromatic heterocycles. The fourth-order valence-electron chi connectivity index (χ4n) is 4.86. The summed E-state index contributed by atoms with van der Waals surface area (Å²) in [6.45, 7) is 7.57. The maximum absolute atomic E-state index is 13.5. The number of anilines is 1. The number of piperazine rings is 1. The predicted molar refractivity (Wildman–Crippen MR) is 131 cm³/mol. The highest BCUT2D eigenvalue weighted by Gasteiger charge is 2.31. The molecule has 1 amide bonds. The number of nitrogens with zero attached hydrogens (tertiary/aromatic N) is 4. The highest BCUT2D eigenvalue weighted by Crippen LogP contribution is 2.28. The van der Waals surface area contributed by atoms with Gasteiger partial charge in [0.05, 0.1) is 10.3 Å². The summed E-state index contributed by atoms with van der Waals surface area (Å²) in [4.78, 5) is 17.2. The van der Waals surface area contributed by atoms with Crippen molar-refractivity contribution >= 4 is 32.6 Å². The summed E-state index contributed by atoms with van der Waals surface area (Å²) in [6.07, 6.45) is 3.05. The van der Waals surface area contributed by atoms with Crippen molar-refractivity contribution in [3.63, 3.8) is 0 Å². The van der Waals surface area contributed by atoms with E-state index in [2.05, 4.69) is 42.1 Å². The van der Waals surface area contributed by atoms with Crippen LogP contribution < -0.4 is 4.90 Å². The molecule has 2 saturated heterocycles. The van der Waals surface area contributed by atoms with Crippen molar-refractivity contribution in [2.45, 2.75) is 38.0 Å². The Hall–Kier alpha value is -2.91. The Labute approximate surface area is 200 Å². The lowest BCUT2D eigenvalue weighted by molar-refractivity contribution is 0.0715. The minimum atomic E-state index is -3.71. The number of fused-ring (bicyclic) bond motifs is 1. The highest BCUT2D eigenvalue weighted by molar-refractivity contribution is 7.89. The van der Waals surface area contributed by atoms with Crippen LogP contribution in [0, 0.1) is 13.8 Å². The molecule has 0 unspecified atom stereocenters. The SMILES string of the molecule is Cc1ccc(C)c(N2CCN(S(=O)(=O)c3ccc4onc(C(=O)N5CCCCC5)c4c3)CC2)c1. The fourth-order valence-corrected chi connectivity index (χ4v) is 6.31. The molecule has 8 nitrogen and oxygen atoms in total. The van der Waals surface area contributed by atoms with Crippen molar-refractivity contribution in [2.75, 3.05) is 44.2 Å². The van der Waals surface area contributed by atoms with Gasteiger partial charge in [0.2, 0.25) is 10.0 Å². The summed E-state index contributed by atoms with van der Waals surface area (Å²) in [5, 5.41) is 4.43. The number of carbonyl (C=O) groups excluding carboxylic acids is 1. The lowest BCUT2D eigenvalue weighted by Gasteiger charge is -2.36. The normalized spacial score (nSPS) is 17.9. The highest BCUT2D eigenvalue weighted by atomic mass is 32.2. The van der Waals surface area contributed by atoms with Gasteiger partial charge in [-0.25, -0.2) is 8.42 Å². The second-order valence-electron chi connectivity index (χ2n) is 9.22. The van der Waals surface area contributed by atoms with Crippen LogP contribution in [0.4, 0.5) is 5.69 Å². The summed E-state index contributed by atoms with van der Waals surface area (Å²) in [7, 11) is -3.71. The van der Waals surface area contributed by atoms with Crippen LogP contribution in [0.1, 0.15) is 40.9 Å². The van der Waals surface area contributed by atoms with Crippen molar-refractivity contribution < 1.29 is 17.7 Å². The number of sulfonamides is 1. The molecule has 2 aromatic carbocycles. The Morgan fingerprint density at radius 2 is 1.65 bits per heavy atom. The molecule has 0 atom stereocenters. The van der Waals surface area contributed by atoms with Gasteiger partial charge in [-0.15, -0.1) is 0 Å². The minimum Gasteiger partial charge on any atom is -0.369 e. The first-order valence-electron chi connectivity index (χ1n) is 11.9. The van der Waals surface area contributed by atoms with E-state index in [4.69, 9.17) is 4.52 Å². The monoisotopic (exact) mass is 482 g/mol. The Bertz CT molecular complexity index is 1320. The summed E-state index contributed by atoms with van der Waals surface area (Å²) < 4.78 is 33.8. The van der Waals surface area contributed by atoms with Crippen LogP contribution in [-0.4, -0.2) is 68.0 Å². The lowest BCUT2D eigenvalue weighted by atomic mass is 10.1. The van der Waals surface area contributed by atoms with Crippen molar-refractivity contribution in [3.8, 4) is 0 Å². The van der Waals surface area contributed by atoms with Crippen LogP contribution >= 0.6 is 0 Å². The zero-order valence-corrected chi connectivity index (χ0v) is 20.5. The second-order valence-corrected chi connectivity index (χ2v) is 11.2. The van der Waals surface area contributed by atoms with E-state index in [9.17, 15) is 13.2 Å².